The third-order valence-electron chi connectivity index (χ3n) is 3.27. The fourth-order valence-electron chi connectivity index (χ4n) is 2.37. The summed E-state index contributed by atoms with van der Waals surface area (Å²) in [5.74, 6) is 2.99. The van der Waals surface area contributed by atoms with E-state index < -0.39 is 0 Å². The van der Waals surface area contributed by atoms with E-state index in [2.05, 4.69) is 18.8 Å². The largest absolute Gasteiger partial charge is 0.497 e. The number of hydrogen-bond donors (Lipinski definition) is 1. The number of nitrogen functional groups attached to an aromatic ring is 1. The molecule has 2 N–H and O–H groups in total. The van der Waals surface area contributed by atoms with Crippen LogP contribution in [-0.2, 0) is 0 Å². The van der Waals surface area contributed by atoms with E-state index in [0.29, 0.717) is 5.82 Å². The van der Waals surface area contributed by atoms with Gasteiger partial charge < -0.3 is 19.8 Å². The number of hydrogen-bond acceptors (Lipinski definition) is 4. The van der Waals surface area contributed by atoms with Crippen molar-refractivity contribution in [2.75, 3.05) is 20.0 Å². The zero-order chi connectivity index (χ0) is 14.9. The molecule has 108 valence electrons. The highest BCUT2D eigenvalue weighted by Crippen LogP contribution is 2.33. The molecule has 0 aliphatic rings. The number of rotatable bonds is 4. The maximum Gasteiger partial charge on any atom is 0.131 e. The highest BCUT2D eigenvalue weighted by atomic mass is 16.5. The van der Waals surface area contributed by atoms with Gasteiger partial charge >= 0.3 is 0 Å². The summed E-state index contributed by atoms with van der Waals surface area (Å²) in [5.41, 5.74) is 7.89. The van der Waals surface area contributed by atoms with E-state index in [1.165, 1.54) is 0 Å². The number of ether oxygens (including phenoxy) is 2. The lowest BCUT2D eigenvalue weighted by molar-refractivity contribution is 0.394. The van der Waals surface area contributed by atoms with Gasteiger partial charge in [-0.05, 0) is 32.9 Å². The smallest absolute Gasteiger partial charge is 0.131 e. The van der Waals surface area contributed by atoms with E-state index in [-0.39, 0.29) is 6.04 Å². The minimum absolute atomic E-state index is 0.267. The van der Waals surface area contributed by atoms with Crippen LogP contribution < -0.4 is 15.2 Å². The van der Waals surface area contributed by atoms with Crippen molar-refractivity contribution in [1.29, 1.82) is 0 Å². The van der Waals surface area contributed by atoms with Crippen LogP contribution in [0.3, 0.4) is 0 Å². The number of nitrogens with two attached hydrogens (primary N) is 1. The third-order valence-corrected chi connectivity index (χ3v) is 3.27. The van der Waals surface area contributed by atoms with Gasteiger partial charge in [0.1, 0.15) is 28.8 Å². The molecular weight excluding hydrogens is 254 g/mol. The predicted octanol–water partition coefficient (Wildman–Crippen LogP) is 3.04. The van der Waals surface area contributed by atoms with E-state index in [1.54, 1.807) is 14.2 Å². The van der Waals surface area contributed by atoms with Gasteiger partial charge in [-0.3, -0.25) is 0 Å². The Morgan fingerprint density at radius 3 is 2.05 bits per heavy atom. The van der Waals surface area contributed by atoms with Crippen molar-refractivity contribution in [1.82, 2.24) is 9.55 Å². The summed E-state index contributed by atoms with van der Waals surface area (Å²) in [4.78, 5) is 4.58. The van der Waals surface area contributed by atoms with Crippen LogP contribution in [0.4, 0.5) is 5.82 Å². The summed E-state index contributed by atoms with van der Waals surface area (Å²) in [6.07, 6.45) is 0. The molecule has 5 heteroatoms. The van der Waals surface area contributed by atoms with Crippen LogP contribution in [0.2, 0.25) is 0 Å². The van der Waals surface area contributed by atoms with Gasteiger partial charge in [-0.1, -0.05) is 0 Å². The number of methoxy groups -OCH3 is 2. The lowest BCUT2D eigenvalue weighted by Gasteiger charge is -2.12. The van der Waals surface area contributed by atoms with Crippen molar-refractivity contribution in [2.45, 2.75) is 26.8 Å². The van der Waals surface area contributed by atoms with Gasteiger partial charge in [0, 0.05) is 17.7 Å². The van der Waals surface area contributed by atoms with Crippen LogP contribution >= 0.6 is 0 Å². The molecule has 0 radical (unpaired) electrons. The number of imidazole rings is 1. The molecule has 0 bridgehead atoms. The van der Waals surface area contributed by atoms with E-state index in [4.69, 9.17) is 15.2 Å². The lowest BCUT2D eigenvalue weighted by atomic mass is 10.1. The Morgan fingerprint density at radius 1 is 1.10 bits per heavy atom. The maximum atomic E-state index is 6.24. The quantitative estimate of drug-likeness (QED) is 0.931. The first kappa shape index (κ1) is 14.2. The minimum atomic E-state index is 0.267. The van der Waals surface area contributed by atoms with Crippen LogP contribution in [0, 0.1) is 6.92 Å². The van der Waals surface area contributed by atoms with E-state index in [0.717, 1.165) is 28.6 Å². The van der Waals surface area contributed by atoms with Crippen molar-refractivity contribution in [3.63, 3.8) is 0 Å². The normalized spacial score (nSPS) is 10.9. The summed E-state index contributed by atoms with van der Waals surface area (Å²) >= 11 is 0. The molecule has 0 atom stereocenters. The number of aromatic nitrogens is 2. The molecule has 1 heterocycles. The summed E-state index contributed by atoms with van der Waals surface area (Å²) in [5, 5.41) is 0. The van der Waals surface area contributed by atoms with E-state index in [9.17, 15) is 0 Å². The van der Waals surface area contributed by atoms with Crippen molar-refractivity contribution >= 4 is 5.82 Å². The Hall–Kier alpha value is -2.17. The van der Waals surface area contributed by atoms with Gasteiger partial charge in [-0.25, -0.2) is 4.98 Å². The first-order chi connectivity index (χ1) is 9.47. The molecule has 1 aromatic heterocycles. The summed E-state index contributed by atoms with van der Waals surface area (Å²) in [6.45, 7) is 6.12. The first-order valence-corrected chi connectivity index (χ1v) is 6.55. The van der Waals surface area contributed by atoms with Gasteiger partial charge in [-0.15, -0.1) is 0 Å². The second-order valence-electron chi connectivity index (χ2n) is 4.96. The Balaban J connectivity index is 2.59. The van der Waals surface area contributed by atoms with Crippen LogP contribution in [0.15, 0.2) is 18.2 Å². The molecular formula is C15H21N3O2. The van der Waals surface area contributed by atoms with Crippen molar-refractivity contribution in [3.8, 4) is 22.8 Å². The summed E-state index contributed by atoms with van der Waals surface area (Å²) in [6, 6.07) is 5.91. The van der Waals surface area contributed by atoms with E-state index in [1.807, 2.05) is 29.7 Å². The van der Waals surface area contributed by atoms with Crippen molar-refractivity contribution in [2.24, 2.45) is 0 Å². The van der Waals surface area contributed by atoms with Crippen molar-refractivity contribution in [3.05, 3.63) is 24.0 Å². The third kappa shape index (κ3) is 2.43. The molecule has 0 saturated carbocycles. The zero-order valence-corrected chi connectivity index (χ0v) is 12.6. The fraction of sp³-hybridized carbons (Fsp3) is 0.400. The first-order valence-electron chi connectivity index (χ1n) is 6.55. The lowest BCUT2D eigenvalue weighted by Crippen LogP contribution is -2.07. The predicted molar refractivity (Wildman–Crippen MR) is 80.3 cm³/mol. The minimum Gasteiger partial charge on any atom is -0.497 e. The molecule has 5 nitrogen and oxygen atoms in total. The highest BCUT2D eigenvalue weighted by molar-refractivity contribution is 5.73. The molecule has 0 aliphatic heterocycles. The van der Waals surface area contributed by atoms with Crippen LogP contribution in [0.1, 0.15) is 25.7 Å². The zero-order valence-electron chi connectivity index (χ0n) is 12.6. The molecule has 20 heavy (non-hydrogen) atoms. The van der Waals surface area contributed by atoms with Gasteiger partial charge in [0.05, 0.1) is 14.2 Å². The summed E-state index contributed by atoms with van der Waals surface area (Å²) < 4.78 is 12.6. The van der Waals surface area contributed by atoms with Gasteiger partial charge in [-0.2, -0.15) is 0 Å². The second-order valence-corrected chi connectivity index (χ2v) is 4.96. The average Bonchev–Trinajstić information content (AvgIpc) is 2.73. The molecule has 2 aromatic rings. The van der Waals surface area contributed by atoms with Gasteiger partial charge in [0.25, 0.3) is 0 Å². The molecule has 0 spiro atoms. The monoisotopic (exact) mass is 275 g/mol. The Morgan fingerprint density at radius 2 is 1.65 bits per heavy atom. The standard InChI is InChI=1S/C15H21N3O2/c1-9(2)18-10(3)17-14(15(18)16)11-6-12(19-4)8-13(7-11)20-5/h6-9H,16H2,1-5H3. The van der Waals surface area contributed by atoms with Crippen molar-refractivity contribution < 1.29 is 9.47 Å². The second kappa shape index (κ2) is 5.45. The fourth-order valence-corrected chi connectivity index (χ4v) is 2.37. The number of anilines is 1. The molecule has 0 aliphatic carbocycles. The highest BCUT2D eigenvalue weighted by Gasteiger charge is 2.16. The van der Waals surface area contributed by atoms with E-state index >= 15 is 0 Å². The maximum absolute atomic E-state index is 6.24. The Kier molecular flexibility index (Phi) is 3.88. The molecule has 0 unspecified atom stereocenters. The molecule has 1 aromatic carbocycles. The molecule has 0 saturated heterocycles. The van der Waals surface area contributed by atoms with Crippen LogP contribution in [-0.4, -0.2) is 23.8 Å². The Bertz CT molecular complexity index is 596. The van der Waals surface area contributed by atoms with Crippen LogP contribution in [0.5, 0.6) is 11.5 Å². The average molecular weight is 275 g/mol. The molecule has 2 rings (SSSR count). The SMILES string of the molecule is COc1cc(OC)cc(-c2nc(C)n(C(C)C)c2N)c1. The molecule has 0 amide bonds. The van der Waals surface area contributed by atoms with Gasteiger partial charge in [0.15, 0.2) is 0 Å². The number of aryl methyl sites for hydroxylation is 1. The molecule has 0 fully saturated rings. The number of nitrogens with zero attached hydrogens (tertiary/aromatic N) is 2. The topological polar surface area (TPSA) is 62.3 Å². The van der Waals surface area contributed by atoms with Gasteiger partial charge in [0.2, 0.25) is 0 Å². The summed E-state index contributed by atoms with van der Waals surface area (Å²) in [7, 11) is 3.25. The Labute approximate surface area is 119 Å². The number of benzene rings is 1. The van der Waals surface area contributed by atoms with Crippen LogP contribution in [0.25, 0.3) is 11.3 Å².